The van der Waals surface area contributed by atoms with Gasteiger partial charge in [0.1, 0.15) is 17.6 Å². The highest BCUT2D eigenvalue weighted by molar-refractivity contribution is 5.90. The van der Waals surface area contributed by atoms with Gasteiger partial charge in [-0.3, -0.25) is 14.5 Å². The van der Waals surface area contributed by atoms with Crippen molar-refractivity contribution in [1.82, 2.24) is 10.6 Å². The molecule has 0 radical (unpaired) electrons. The van der Waals surface area contributed by atoms with Crippen LogP contribution in [0.1, 0.15) is 12.7 Å². The van der Waals surface area contributed by atoms with Crippen molar-refractivity contribution in [3.05, 3.63) is 47.9 Å². The summed E-state index contributed by atoms with van der Waals surface area (Å²) in [5, 5.41) is 5.40. The minimum absolute atomic E-state index is 0.0400. The summed E-state index contributed by atoms with van der Waals surface area (Å²) in [6.45, 7) is 2.59. The van der Waals surface area contributed by atoms with Crippen LogP contribution in [0.2, 0.25) is 0 Å². The van der Waals surface area contributed by atoms with Crippen LogP contribution in [0.3, 0.4) is 0 Å². The molecule has 2 aromatic rings. The van der Waals surface area contributed by atoms with Gasteiger partial charge >= 0.3 is 6.09 Å². The average Bonchev–Trinajstić information content (AvgIpc) is 3.23. The molecular formula is C23H24F2N4O5. The van der Waals surface area contributed by atoms with Gasteiger partial charge in [0, 0.05) is 38.1 Å². The molecule has 0 spiro atoms. The summed E-state index contributed by atoms with van der Waals surface area (Å²) in [5.74, 6) is -1.34. The summed E-state index contributed by atoms with van der Waals surface area (Å²) in [7, 11) is 0. The lowest BCUT2D eigenvalue weighted by Crippen LogP contribution is -2.33. The minimum atomic E-state index is -0.784. The fourth-order valence-corrected chi connectivity index (χ4v) is 4.91. The number of benzene rings is 1. The van der Waals surface area contributed by atoms with E-state index in [9.17, 15) is 23.2 Å². The first-order chi connectivity index (χ1) is 16.3. The molecule has 3 amide bonds. The van der Waals surface area contributed by atoms with E-state index >= 15 is 0 Å². The van der Waals surface area contributed by atoms with Gasteiger partial charge in [0.15, 0.2) is 11.6 Å². The van der Waals surface area contributed by atoms with Crippen molar-refractivity contribution >= 4 is 29.3 Å². The second-order valence-corrected chi connectivity index (χ2v) is 8.87. The largest absolute Gasteiger partial charge is 0.467 e. The summed E-state index contributed by atoms with van der Waals surface area (Å²) in [6, 6.07) is 5.74. The topological polar surface area (TPSA) is 104 Å². The van der Waals surface area contributed by atoms with Gasteiger partial charge in [0.25, 0.3) is 0 Å². The fraction of sp³-hybridized carbons (Fsp3) is 0.435. The number of cyclic esters (lactones) is 1. The van der Waals surface area contributed by atoms with Gasteiger partial charge in [-0.15, -0.1) is 0 Å². The highest BCUT2D eigenvalue weighted by Gasteiger charge is 2.59. The Labute approximate surface area is 194 Å². The number of rotatable bonds is 7. The van der Waals surface area contributed by atoms with Gasteiger partial charge in [0.2, 0.25) is 11.8 Å². The number of halogens is 2. The van der Waals surface area contributed by atoms with Gasteiger partial charge in [-0.25, -0.2) is 13.6 Å². The van der Waals surface area contributed by atoms with Gasteiger partial charge in [-0.1, -0.05) is 0 Å². The van der Waals surface area contributed by atoms with Gasteiger partial charge < -0.3 is 24.7 Å². The first-order valence-electron chi connectivity index (χ1n) is 11.1. The summed E-state index contributed by atoms with van der Waals surface area (Å²) in [5.41, 5.74) is -0.110. The molecule has 1 saturated carbocycles. The lowest BCUT2D eigenvalue weighted by atomic mass is 10.2. The number of fused-ring (bicyclic) bond motifs is 1. The van der Waals surface area contributed by atoms with Crippen LogP contribution in [0.5, 0.6) is 0 Å². The predicted octanol–water partition coefficient (Wildman–Crippen LogP) is 2.02. The number of hydrogen-bond donors (Lipinski definition) is 2. The summed E-state index contributed by atoms with van der Waals surface area (Å²) < 4.78 is 40.3. The number of anilines is 2. The van der Waals surface area contributed by atoms with E-state index in [-0.39, 0.29) is 54.0 Å². The van der Waals surface area contributed by atoms with E-state index in [1.54, 1.807) is 17.0 Å². The Hall–Kier alpha value is -3.63. The zero-order valence-corrected chi connectivity index (χ0v) is 18.4. The van der Waals surface area contributed by atoms with E-state index in [0.717, 1.165) is 17.0 Å². The third-order valence-corrected chi connectivity index (χ3v) is 6.60. The van der Waals surface area contributed by atoms with E-state index in [4.69, 9.17) is 9.15 Å². The molecular weight excluding hydrogens is 450 g/mol. The normalized spacial score (nSPS) is 25.2. The van der Waals surface area contributed by atoms with Crippen LogP contribution in [-0.4, -0.2) is 50.2 Å². The third kappa shape index (κ3) is 4.17. The van der Waals surface area contributed by atoms with Crippen molar-refractivity contribution in [2.45, 2.75) is 19.6 Å². The minimum Gasteiger partial charge on any atom is -0.467 e. The second-order valence-electron chi connectivity index (χ2n) is 8.87. The van der Waals surface area contributed by atoms with E-state index < -0.39 is 23.8 Å². The Morgan fingerprint density at radius 2 is 1.82 bits per heavy atom. The molecule has 3 fully saturated rings. The lowest BCUT2D eigenvalue weighted by molar-refractivity contribution is -0.123. The number of hydrogen-bond acceptors (Lipinski definition) is 6. The molecule has 3 aliphatic rings. The Balaban J connectivity index is 1.20. The summed E-state index contributed by atoms with van der Waals surface area (Å²) in [6.07, 6.45) is 0.202. The van der Waals surface area contributed by atoms with Gasteiger partial charge in [0.05, 0.1) is 31.6 Å². The zero-order chi connectivity index (χ0) is 24.0. The Morgan fingerprint density at radius 3 is 2.44 bits per heavy atom. The van der Waals surface area contributed by atoms with Crippen LogP contribution in [0.15, 0.2) is 34.9 Å². The zero-order valence-electron chi connectivity index (χ0n) is 18.4. The molecule has 4 atom stereocenters. The smallest absolute Gasteiger partial charge is 0.414 e. The maximum absolute atomic E-state index is 15.0. The molecule has 1 aromatic heterocycles. The number of carbonyl (C=O) groups is 3. The molecule has 1 aromatic carbocycles. The summed E-state index contributed by atoms with van der Waals surface area (Å²) in [4.78, 5) is 38.4. The standard InChI is InChI=1S/C23H24F2N4O5/c1-12(30)26-8-15-9-29(23(32)34-15)13-5-18(24)21(19(25)6-13)28-10-16-17(11-28)20(16)22(31)27-7-14-3-2-4-33-14/h2-6,15-17,20H,7-11H2,1H3,(H,26,30)(H,27,31)/t15-,16-,17+,20?/m0/s1. The van der Waals surface area contributed by atoms with E-state index in [2.05, 4.69) is 10.6 Å². The number of nitrogens with zero attached hydrogens (tertiary/aromatic N) is 2. The molecule has 0 bridgehead atoms. The molecule has 2 saturated heterocycles. The van der Waals surface area contributed by atoms with Gasteiger partial charge in [-0.2, -0.15) is 0 Å². The molecule has 9 nitrogen and oxygen atoms in total. The van der Waals surface area contributed by atoms with Crippen LogP contribution in [0, 0.1) is 29.4 Å². The molecule has 34 heavy (non-hydrogen) atoms. The van der Waals surface area contributed by atoms with Crippen LogP contribution >= 0.6 is 0 Å². The number of amides is 3. The monoisotopic (exact) mass is 474 g/mol. The quantitative estimate of drug-likeness (QED) is 0.637. The number of piperidine rings is 1. The van der Waals surface area contributed by atoms with Crippen molar-refractivity contribution in [1.29, 1.82) is 0 Å². The van der Waals surface area contributed by atoms with Crippen molar-refractivity contribution in [2.75, 3.05) is 36.0 Å². The molecule has 1 unspecified atom stereocenters. The van der Waals surface area contributed by atoms with Crippen LogP contribution < -0.4 is 20.4 Å². The molecule has 180 valence electrons. The first kappa shape index (κ1) is 22.2. The lowest BCUT2D eigenvalue weighted by Gasteiger charge is -2.24. The number of nitrogens with one attached hydrogen (secondary N) is 2. The Bertz CT molecular complexity index is 1090. The highest BCUT2D eigenvalue weighted by Crippen LogP contribution is 2.53. The van der Waals surface area contributed by atoms with E-state index in [1.165, 1.54) is 13.2 Å². The summed E-state index contributed by atoms with van der Waals surface area (Å²) >= 11 is 0. The molecule has 11 heteroatoms. The van der Waals surface area contributed by atoms with Gasteiger partial charge in [-0.05, 0) is 24.0 Å². The maximum atomic E-state index is 15.0. The van der Waals surface area contributed by atoms with Crippen LogP contribution in [0.25, 0.3) is 0 Å². The van der Waals surface area contributed by atoms with Crippen LogP contribution in [-0.2, 0) is 20.9 Å². The highest BCUT2D eigenvalue weighted by atomic mass is 19.1. The average molecular weight is 474 g/mol. The molecule has 1 aliphatic carbocycles. The van der Waals surface area contributed by atoms with Crippen molar-refractivity contribution in [3.8, 4) is 0 Å². The Morgan fingerprint density at radius 1 is 1.12 bits per heavy atom. The molecule has 3 heterocycles. The maximum Gasteiger partial charge on any atom is 0.414 e. The SMILES string of the molecule is CC(=O)NC[C@H]1CN(c2cc(F)c(N3C[C@@H]4C(C(=O)NCc5ccco5)[C@@H]4C3)c(F)c2)C(=O)O1. The molecule has 2 aliphatic heterocycles. The van der Waals surface area contributed by atoms with Crippen molar-refractivity contribution in [3.63, 3.8) is 0 Å². The van der Waals surface area contributed by atoms with E-state index in [1.807, 2.05) is 0 Å². The molecule has 5 rings (SSSR count). The number of furan rings is 1. The predicted molar refractivity (Wildman–Crippen MR) is 116 cm³/mol. The van der Waals surface area contributed by atoms with Crippen molar-refractivity contribution in [2.24, 2.45) is 17.8 Å². The van der Waals surface area contributed by atoms with Crippen molar-refractivity contribution < 1.29 is 32.3 Å². The third-order valence-electron chi connectivity index (χ3n) is 6.60. The number of carbonyl (C=O) groups excluding carboxylic acids is 3. The van der Waals surface area contributed by atoms with E-state index in [0.29, 0.717) is 25.4 Å². The second kappa shape index (κ2) is 8.62. The number of ether oxygens (including phenoxy) is 1. The molecule has 2 N–H and O–H groups in total. The Kier molecular flexibility index (Phi) is 5.62. The first-order valence-corrected chi connectivity index (χ1v) is 11.1. The fourth-order valence-electron chi connectivity index (χ4n) is 4.91. The van der Waals surface area contributed by atoms with Crippen LogP contribution in [0.4, 0.5) is 25.0 Å².